The SMILES string of the molecule is NCC1CCCCC1Nc1cc(C(N)=O)ccn1. The van der Waals surface area contributed by atoms with Gasteiger partial charge < -0.3 is 16.8 Å². The Labute approximate surface area is 107 Å². The summed E-state index contributed by atoms with van der Waals surface area (Å²) in [4.78, 5) is 15.3. The second-order valence-corrected chi connectivity index (χ2v) is 4.83. The number of hydrogen-bond acceptors (Lipinski definition) is 4. The average molecular weight is 248 g/mol. The lowest BCUT2D eigenvalue weighted by Gasteiger charge is -2.31. The van der Waals surface area contributed by atoms with Crippen LogP contribution in [0.1, 0.15) is 36.0 Å². The minimum Gasteiger partial charge on any atom is -0.367 e. The maximum Gasteiger partial charge on any atom is 0.248 e. The molecule has 18 heavy (non-hydrogen) atoms. The van der Waals surface area contributed by atoms with E-state index in [4.69, 9.17) is 11.5 Å². The summed E-state index contributed by atoms with van der Waals surface area (Å²) >= 11 is 0. The van der Waals surface area contributed by atoms with Crippen LogP contribution < -0.4 is 16.8 Å². The molecule has 1 aromatic heterocycles. The van der Waals surface area contributed by atoms with Crippen LogP contribution in [0.2, 0.25) is 0 Å². The number of nitrogens with zero attached hydrogens (tertiary/aromatic N) is 1. The summed E-state index contributed by atoms with van der Waals surface area (Å²) < 4.78 is 0. The molecule has 0 bridgehead atoms. The Kier molecular flexibility index (Phi) is 4.15. The number of rotatable bonds is 4. The van der Waals surface area contributed by atoms with E-state index in [9.17, 15) is 4.79 Å². The van der Waals surface area contributed by atoms with Gasteiger partial charge in [0.2, 0.25) is 5.91 Å². The number of carbonyl (C=O) groups is 1. The van der Waals surface area contributed by atoms with Crippen LogP contribution in [0, 0.1) is 5.92 Å². The number of aromatic nitrogens is 1. The quantitative estimate of drug-likeness (QED) is 0.744. The number of amides is 1. The summed E-state index contributed by atoms with van der Waals surface area (Å²) in [5, 5.41) is 3.38. The zero-order chi connectivity index (χ0) is 13.0. The molecule has 2 rings (SSSR count). The second-order valence-electron chi connectivity index (χ2n) is 4.83. The van der Waals surface area contributed by atoms with Crippen LogP contribution in [0.3, 0.4) is 0 Å². The number of nitrogens with one attached hydrogen (secondary N) is 1. The standard InChI is InChI=1S/C13H20N4O/c14-8-10-3-1-2-4-11(10)17-12-7-9(13(15)18)5-6-16-12/h5-7,10-11H,1-4,8,14H2,(H2,15,18)(H,16,17). The zero-order valence-electron chi connectivity index (χ0n) is 10.4. The molecule has 0 saturated heterocycles. The highest BCUT2D eigenvalue weighted by Gasteiger charge is 2.24. The van der Waals surface area contributed by atoms with Gasteiger partial charge in [0.1, 0.15) is 5.82 Å². The summed E-state index contributed by atoms with van der Waals surface area (Å²) in [6.07, 6.45) is 6.31. The van der Waals surface area contributed by atoms with E-state index in [1.54, 1.807) is 18.3 Å². The highest BCUT2D eigenvalue weighted by atomic mass is 16.1. The molecular formula is C13H20N4O. The van der Waals surface area contributed by atoms with Crippen molar-refractivity contribution in [2.24, 2.45) is 17.4 Å². The van der Waals surface area contributed by atoms with E-state index in [2.05, 4.69) is 10.3 Å². The summed E-state index contributed by atoms with van der Waals surface area (Å²) in [5.74, 6) is 0.758. The molecule has 5 heteroatoms. The van der Waals surface area contributed by atoms with Crippen LogP contribution in [-0.2, 0) is 0 Å². The predicted molar refractivity (Wildman–Crippen MR) is 71.2 cm³/mol. The van der Waals surface area contributed by atoms with Gasteiger partial charge in [-0.3, -0.25) is 4.79 Å². The Morgan fingerprint density at radius 2 is 2.22 bits per heavy atom. The van der Waals surface area contributed by atoms with Crippen molar-refractivity contribution in [1.29, 1.82) is 0 Å². The molecule has 5 nitrogen and oxygen atoms in total. The minimum atomic E-state index is -0.431. The monoisotopic (exact) mass is 248 g/mol. The first kappa shape index (κ1) is 12.8. The number of pyridine rings is 1. The number of anilines is 1. The van der Waals surface area contributed by atoms with Crippen LogP contribution in [0.15, 0.2) is 18.3 Å². The first-order valence-electron chi connectivity index (χ1n) is 6.43. The van der Waals surface area contributed by atoms with E-state index in [0.717, 1.165) is 12.8 Å². The van der Waals surface area contributed by atoms with Gasteiger partial charge in [0, 0.05) is 17.8 Å². The number of primary amides is 1. The first-order valence-corrected chi connectivity index (χ1v) is 6.43. The Morgan fingerprint density at radius 3 is 2.94 bits per heavy atom. The fourth-order valence-corrected chi connectivity index (χ4v) is 2.53. The van der Waals surface area contributed by atoms with Crippen LogP contribution in [0.5, 0.6) is 0 Å². The summed E-state index contributed by atoms with van der Waals surface area (Å²) in [7, 11) is 0. The maximum atomic E-state index is 11.1. The van der Waals surface area contributed by atoms with Gasteiger partial charge in [-0.25, -0.2) is 4.98 Å². The molecule has 2 unspecified atom stereocenters. The minimum absolute atomic E-state index is 0.347. The number of nitrogens with two attached hydrogens (primary N) is 2. The van der Waals surface area contributed by atoms with E-state index in [1.807, 2.05) is 0 Å². The molecule has 1 amide bonds. The van der Waals surface area contributed by atoms with Crippen LogP contribution >= 0.6 is 0 Å². The Morgan fingerprint density at radius 1 is 1.44 bits per heavy atom. The van der Waals surface area contributed by atoms with Crippen molar-refractivity contribution in [3.05, 3.63) is 23.9 Å². The fraction of sp³-hybridized carbons (Fsp3) is 0.538. The molecule has 0 radical (unpaired) electrons. The topological polar surface area (TPSA) is 94.0 Å². The molecular weight excluding hydrogens is 228 g/mol. The van der Waals surface area contributed by atoms with Crippen molar-refractivity contribution in [3.8, 4) is 0 Å². The third-order valence-electron chi connectivity index (χ3n) is 3.59. The van der Waals surface area contributed by atoms with E-state index in [1.165, 1.54) is 12.8 Å². The molecule has 2 atom stereocenters. The Bertz CT molecular complexity index is 421. The molecule has 98 valence electrons. The summed E-state index contributed by atoms with van der Waals surface area (Å²) in [6.45, 7) is 0.688. The lowest BCUT2D eigenvalue weighted by molar-refractivity contribution is 0.1000. The molecule has 1 aliphatic rings. The third kappa shape index (κ3) is 2.98. The zero-order valence-corrected chi connectivity index (χ0v) is 10.4. The molecule has 1 heterocycles. The fourth-order valence-electron chi connectivity index (χ4n) is 2.53. The summed E-state index contributed by atoms with van der Waals surface area (Å²) in [5.41, 5.74) is 11.5. The number of carbonyl (C=O) groups excluding carboxylic acids is 1. The van der Waals surface area contributed by atoms with Gasteiger partial charge in [-0.2, -0.15) is 0 Å². The van der Waals surface area contributed by atoms with Crippen molar-refractivity contribution in [2.75, 3.05) is 11.9 Å². The molecule has 1 fully saturated rings. The predicted octanol–water partition coefficient (Wildman–Crippen LogP) is 1.11. The van der Waals surface area contributed by atoms with E-state index in [-0.39, 0.29) is 0 Å². The molecule has 1 saturated carbocycles. The molecule has 0 aliphatic heterocycles. The van der Waals surface area contributed by atoms with Crippen molar-refractivity contribution in [1.82, 2.24) is 4.98 Å². The molecule has 1 aliphatic carbocycles. The van der Waals surface area contributed by atoms with E-state index >= 15 is 0 Å². The van der Waals surface area contributed by atoms with Gasteiger partial charge in [0.05, 0.1) is 0 Å². The maximum absolute atomic E-state index is 11.1. The van der Waals surface area contributed by atoms with Crippen molar-refractivity contribution in [2.45, 2.75) is 31.7 Å². The molecule has 0 aromatic carbocycles. The van der Waals surface area contributed by atoms with Gasteiger partial charge in [-0.1, -0.05) is 12.8 Å². The van der Waals surface area contributed by atoms with Gasteiger partial charge in [-0.05, 0) is 37.4 Å². The lowest BCUT2D eigenvalue weighted by Crippen LogP contribution is -2.37. The normalized spacial score (nSPS) is 23.6. The second kappa shape index (κ2) is 5.82. The van der Waals surface area contributed by atoms with Crippen LogP contribution in [0.4, 0.5) is 5.82 Å². The van der Waals surface area contributed by atoms with Crippen molar-refractivity contribution >= 4 is 11.7 Å². The van der Waals surface area contributed by atoms with Crippen LogP contribution in [0.25, 0.3) is 0 Å². The molecule has 0 spiro atoms. The largest absolute Gasteiger partial charge is 0.367 e. The Balaban J connectivity index is 2.07. The van der Waals surface area contributed by atoms with Crippen molar-refractivity contribution < 1.29 is 4.79 Å². The smallest absolute Gasteiger partial charge is 0.248 e. The highest BCUT2D eigenvalue weighted by molar-refractivity contribution is 5.93. The van der Waals surface area contributed by atoms with Crippen LogP contribution in [-0.4, -0.2) is 23.5 Å². The third-order valence-corrected chi connectivity index (χ3v) is 3.59. The number of hydrogen-bond donors (Lipinski definition) is 3. The van der Waals surface area contributed by atoms with Gasteiger partial charge in [0.15, 0.2) is 0 Å². The lowest BCUT2D eigenvalue weighted by atomic mass is 9.84. The highest BCUT2D eigenvalue weighted by Crippen LogP contribution is 2.26. The van der Waals surface area contributed by atoms with Crippen molar-refractivity contribution in [3.63, 3.8) is 0 Å². The summed E-state index contributed by atoms with van der Waals surface area (Å²) in [6, 6.07) is 3.67. The van der Waals surface area contributed by atoms with Gasteiger partial charge in [0.25, 0.3) is 0 Å². The Hall–Kier alpha value is -1.62. The van der Waals surface area contributed by atoms with Gasteiger partial charge in [-0.15, -0.1) is 0 Å². The molecule has 5 N–H and O–H groups in total. The van der Waals surface area contributed by atoms with E-state index < -0.39 is 5.91 Å². The van der Waals surface area contributed by atoms with E-state index in [0.29, 0.717) is 29.9 Å². The molecule has 1 aromatic rings. The first-order chi connectivity index (χ1) is 8.70. The van der Waals surface area contributed by atoms with Gasteiger partial charge >= 0.3 is 0 Å². The average Bonchev–Trinajstić information content (AvgIpc) is 2.39.